The van der Waals surface area contributed by atoms with E-state index in [9.17, 15) is 9.18 Å². The summed E-state index contributed by atoms with van der Waals surface area (Å²) in [7, 11) is 0. The highest BCUT2D eigenvalue weighted by atomic mass is 35.5. The maximum Gasteiger partial charge on any atom is 0.162 e. The Bertz CT molecular complexity index is 480. The van der Waals surface area contributed by atoms with Gasteiger partial charge >= 0.3 is 0 Å². The van der Waals surface area contributed by atoms with Crippen molar-refractivity contribution in [1.82, 2.24) is 0 Å². The van der Waals surface area contributed by atoms with E-state index in [-0.39, 0.29) is 11.6 Å². The monoisotopic (exact) mass is 264 g/mol. The van der Waals surface area contributed by atoms with Crippen molar-refractivity contribution in [3.8, 4) is 0 Å². The Morgan fingerprint density at radius 3 is 2.00 bits per heavy atom. The van der Waals surface area contributed by atoms with E-state index in [0.29, 0.717) is 12.0 Å². The molecule has 0 saturated heterocycles. The molecule has 2 rings (SSSR count). The van der Waals surface area contributed by atoms with Gasteiger partial charge in [0, 0.05) is 17.0 Å². The van der Waals surface area contributed by atoms with E-state index in [4.69, 9.17) is 11.6 Å². The van der Waals surface area contributed by atoms with Crippen LogP contribution in [0.25, 0.3) is 0 Å². The third kappa shape index (κ3) is 5.11. The molecule has 0 fully saturated rings. The van der Waals surface area contributed by atoms with E-state index in [1.165, 1.54) is 24.3 Å². The first-order chi connectivity index (χ1) is 8.63. The van der Waals surface area contributed by atoms with Crippen LogP contribution in [0.2, 0.25) is 5.02 Å². The molecular weight excluding hydrogens is 251 g/mol. The van der Waals surface area contributed by atoms with Gasteiger partial charge in [0.1, 0.15) is 5.82 Å². The number of halogens is 2. The summed E-state index contributed by atoms with van der Waals surface area (Å²) < 4.78 is 12.3. The zero-order chi connectivity index (χ0) is 13.4. The summed E-state index contributed by atoms with van der Waals surface area (Å²) in [6, 6.07) is 15.0. The second-order valence-electron chi connectivity index (χ2n) is 3.58. The molecular formula is C15H14ClFO. The van der Waals surface area contributed by atoms with Crippen molar-refractivity contribution in [1.29, 1.82) is 0 Å². The minimum absolute atomic E-state index is 0.0463. The van der Waals surface area contributed by atoms with Gasteiger partial charge in [0.25, 0.3) is 0 Å². The van der Waals surface area contributed by atoms with Crippen LogP contribution in [0.3, 0.4) is 0 Å². The number of hydrogen-bond acceptors (Lipinski definition) is 1. The molecule has 0 aliphatic heterocycles. The summed E-state index contributed by atoms with van der Waals surface area (Å²) in [6.45, 7) is 1.78. The first-order valence-corrected chi connectivity index (χ1v) is 6.00. The van der Waals surface area contributed by atoms with Crippen molar-refractivity contribution in [2.45, 2.75) is 13.3 Å². The highest BCUT2D eigenvalue weighted by Gasteiger charge is 2.00. The van der Waals surface area contributed by atoms with Gasteiger partial charge in [-0.1, -0.05) is 36.7 Å². The molecule has 0 unspecified atom stereocenters. The van der Waals surface area contributed by atoms with Gasteiger partial charge in [0.05, 0.1) is 0 Å². The first kappa shape index (κ1) is 14.4. The summed E-state index contributed by atoms with van der Waals surface area (Å²) >= 11 is 5.54. The lowest BCUT2D eigenvalue weighted by Crippen LogP contribution is -1.95. The molecule has 0 aliphatic rings. The number of carbonyl (C=O) groups excluding carboxylic acids is 1. The van der Waals surface area contributed by atoms with E-state index < -0.39 is 0 Å². The van der Waals surface area contributed by atoms with Crippen molar-refractivity contribution in [2.24, 2.45) is 0 Å². The van der Waals surface area contributed by atoms with Gasteiger partial charge in [0.15, 0.2) is 5.78 Å². The molecule has 0 spiro atoms. The molecule has 0 aliphatic carbocycles. The molecule has 0 saturated carbocycles. The molecule has 0 radical (unpaired) electrons. The topological polar surface area (TPSA) is 17.1 Å². The van der Waals surface area contributed by atoms with Gasteiger partial charge in [-0.05, 0) is 36.4 Å². The lowest BCUT2D eigenvalue weighted by atomic mass is 10.1. The lowest BCUT2D eigenvalue weighted by Gasteiger charge is -1.95. The van der Waals surface area contributed by atoms with Crippen LogP contribution in [0, 0.1) is 5.82 Å². The molecule has 0 amide bonds. The Balaban J connectivity index is 0.000000199. The van der Waals surface area contributed by atoms with Crippen LogP contribution in [-0.4, -0.2) is 5.78 Å². The molecule has 0 atom stereocenters. The van der Waals surface area contributed by atoms with Gasteiger partial charge in [-0.25, -0.2) is 4.39 Å². The lowest BCUT2D eigenvalue weighted by molar-refractivity contribution is 0.0988. The fraction of sp³-hybridized carbons (Fsp3) is 0.133. The molecule has 1 nitrogen and oxygen atoms in total. The third-order valence-corrected chi connectivity index (χ3v) is 2.47. The predicted molar refractivity (Wildman–Crippen MR) is 72.5 cm³/mol. The Labute approximate surface area is 111 Å². The largest absolute Gasteiger partial charge is 0.294 e. The minimum atomic E-state index is -0.308. The average molecular weight is 265 g/mol. The Morgan fingerprint density at radius 2 is 1.61 bits per heavy atom. The van der Waals surface area contributed by atoms with E-state index in [1.54, 1.807) is 6.92 Å². The fourth-order valence-corrected chi connectivity index (χ4v) is 1.40. The molecule has 0 heterocycles. The van der Waals surface area contributed by atoms with E-state index in [1.807, 2.05) is 30.3 Å². The van der Waals surface area contributed by atoms with E-state index in [0.717, 1.165) is 5.02 Å². The van der Waals surface area contributed by atoms with Crippen LogP contribution in [0.4, 0.5) is 4.39 Å². The van der Waals surface area contributed by atoms with Crippen molar-refractivity contribution < 1.29 is 9.18 Å². The van der Waals surface area contributed by atoms with Gasteiger partial charge in [0.2, 0.25) is 0 Å². The molecule has 18 heavy (non-hydrogen) atoms. The Kier molecular flexibility index (Phi) is 6.09. The van der Waals surface area contributed by atoms with Gasteiger partial charge in [-0.3, -0.25) is 4.79 Å². The summed E-state index contributed by atoms with van der Waals surface area (Å²) in [5, 5.41) is 0.794. The zero-order valence-corrected chi connectivity index (χ0v) is 10.8. The third-order valence-electron chi connectivity index (χ3n) is 2.22. The summed E-state index contributed by atoms with van der Waals surface area (Å²) in [5.41, 5.74) is 0.578. The SMILES string of the molecule is CCC(=O)c1ccc(F)cc1.Clc1ccccc1. The number of hydrogen-bond donors (Lipinski definition) is 0. The molecule has 3 heteroatoms. The Hall–Kier alpha value is -1.67. The van der Waals surface area contributed by atoms with Crippen LogP contribution >= 0.6 is 11.6 Å². The van der Waals surface area contributed by atoms with Crippen LogP contribution in [0.5, 0.6) is 0 Å². The number of benzene rings is 2. The molecule has 2 aromatic carbocycles. The van der Waals surface area contributed by atoms with Crippen molar-refractivity contribution >= 4 is 17.4 Å². The standard InChI is InChI=1S/C9H9FO.C6H5Cl/c1-2-9(11)7-3-5-8(10)6-4-7;7-6-4-2-1-3-5-6/h3-6H,2H2,1H3;1-5H. The van der Waals surface area contributed by atoms with Crippen LogP contribution in [0.1, 0.15) is 23.7 Å². The average Bonchev–Trinajstić information content (AvgIpc) is 2.40. The van der Waals surface area contributed by atoms with E-state index in [2.05, 4.69) is 0 Å². The molecule has 94 valence electrons. The molecule has 0 N–H and O–H groups in total. The van der Waals surface area contributed by atoms with Crippen molar-refractivity contribution in [3.05, 3.63) is 71.0 Å². The quantitative estimate of drug-likeness (QED) is 0.715. The van der Waals surface area contributed by atoms with Crippen molar-refractivity contribution in [2.75, 3.05) is 0 Å². The first-order valence-electron chi connectivity index (χ1n) is 5.62. The smallest absolute Gasteiger partial charge is 0.162 e. The maximum atomic E-state index is 12.3. The molecule has 2 aromatic rings. The number of ketones is 1. The number of carbonyl (C=O) groups is 1. The second-order valence-corrected chi connectivity index (χ2v) is 4.02. The second kappa shape index (κ2) is 7.62. The summed E-state index contributed by atoms with van der Waals surface area (Å²) in [4.78, 5) is 11.0. The number of Topliss-reactive ketones (excluding diaryl/α,β-unsaturated/α-hetero) is 1. The zero-order valence-electron chi connectivity index (χ0n) is 10.1. The fourth-order valence-electron chi connectivity index (χ4n) is 1.25. The maximum absolute atomic E-state index is 12.3. The minimum Gasteiger partial charge on any atom is -0.294 e. The van der Waals surface area contributed by atoms with Crippen LogP contribution in [-0.2, 0) is 0 Å². The highest BCUT2D eigenvalue weighted by molar-refractivity contribution is 6.30. The predicted octanol–water partition coefficient (Wildman–Crippen LogP) is 4.76. The summed E-state index contributed by atoms with van der Waals surface area (Å²) in [6.07, 6.45) is 0.464. The van der Waals surface area contributed by atoms with Gasteiger partial charge < -0.3 is 0 Å². The Morgan fingerprint density at radius 1 is 1.06 bits per heavy atom. The van der Waals surface area contributed by atoms with Gasteiger partial charge in [-0.2, -0.15) is 0 Å². The van der Waals surface area contributed by atoms with Crippen LogP contribution in [0.15, 0.2) is 54.6 Å². The van der Waals surface area contributed by atoms with Crippen LogP contribution < -0.4 is 0 Å². The summed E-state index contributed by atoms with van der Waals surface area (Å²) in [5.74, 6) is -0.261. The van der Waals surface area contributed by atoms with Crippen molar-refractivity contribution in [3.63, 3.8) is 0 Å². The van der Waals surface area contributed by atoms with E-state index >= 15 is 0 Å². The number of rotatable bonds is 2. The molecule has 0 bridgehead atoms. The normalized spacial score (nSPS) is 9.28. The highest BCUT2D eigenvalue weighted by Crippen LogP contribution is 2.05. The molecule has 0 aromatic heterocycles. The van der Waals surface area contributed by atoms with Gasteiger partial charge in [-0.15, -0.1) is 0 Å².